The first kappa shape index (κ1) is 10.3. The van der Waals surface area contributed by atoms with E-state index >= 15 is 0 Å². The van der Waals surface area contributed by atoms with Gasteiger partial charge in [0.15, 0.2) is 5.69 Å². The van der Waals surface area contributed by atoms with E-state index in [1.54, 1.807) is 6.20 Å². The molecule has 1 aliphatic rings. The fourth-order valence-corrected chi connectivity index (χ4v) is 2.40. The molecule has 3 heterocycles. The van der Waals surface area contributed by atoms with Crippen LogP contribution in [0.1, 0.15) is 16.7 Å². The molecular weight excluding hydrogens is 266 g/mol. The molecule has 21 heavy (non-hydrogen) atoms. The highest BCUT2D eigenvalue weighted by molar-refractivity contribution is 5.65. The highest BCUT2D eigenvalue weighted by Crippen LogP contribution is 2.22. The molecule has 7 heteroatoms. The standard InChI is InChI=1S/C14H17N7/c1-10-8-21(4-3-16-10)13-7-17-12(5-15)14(19-13)11-6-18-20(2)9-11/h6-7,9-10,16H,3-4,8H2,1-2H3/i2D3. The Balaban J connectivity index is 1.99. The molecule has 0 amide bonds. The zero-order valence-electron chi connectivity index (χ0n) is 14.6. The Morgan fingerprint density at radius 1 is 1.52 bits per heavy atom. The maximum Gasteiger partial charge on any atom is 0.167 e. The number of hydrogen-bond donors (Lipinski definition) is 1. The van der Waals surface area contributed by atoms with Gasteiger partial charge in [-0.3, -0.25) is 4.68 Å². The summed E-state index contributed by atoms with van der Waals surface area (Å²) in [4.78, 5) is 10.8. The first-order valence-corrected chi connectivity index (χ1v) is 6.69. The summed E-state index contributed by atoms with van der Waals surface area (Å²) in [6.45, 7) is 2.14. The molecule has 0 radical (unpaired) electrons. The fraction of sp³-hybridized carbons (Fsp3) is 0.429. The molecule has 1 atom stereocenters. The Hall–Kier alpha value is -2.46. The summed E-state index contributed by atoms with van der Waals surface area (Å²) in [7, 11) is 0. The molecule has 1 saturated heterocycles. The van der Waals surface area contributed by atoms with Crippen LogP contribution in [0, 0.1) is 11.3 Å². The second-order valence-electron chi connectivity index (χ2n) is 5.01. The van der Waals surface area contributed by atoms with Crippen molar-refractivity contribution >= 4 is 5.82 Å². The van der Waals surface area contributed by atoms with Crippen LogP contribution in [0.4, 0.5) is 5.82 Å². The summed E-state index contributed by atoms with van der Waals surface area (Å²) >= 11 is 0. The van der Waals surface area contributed by atoms with Gasteiger partial charge in [0.2, 0.25) is 0 Å². The van der Waals surface area contributed by atoms with Gasteiger partial charge in [-0.2, -0.15) is 10.4 Å². The summed E-state index contributed by atoms with van der Waals surface area (Å²) in [5, 5.41) is 16.5. The Labute approximate surface area is 127 Å². The van der Waals surface area contributed by atoms with Crippen LogP contribution < -0.4 is 10.2 Å². The third-order valence-electron chi connectivity index (χ3n) is 3.41. The quantitative estimate of drug-likeness (QED) is 0.868. The van der Waals surface area contributed by atoms with Crippen molar-refractivity contribution in [3.8, 4) is 17.3 Å². The normalized spacial score (nSPS) is 21.2. The van der Waals surface area contributed by atoms with Crippen LogP contribution >= 0.6 is 0 Å². The van der Waals surface area contributed by atoms with Gasteiger partial charge in [0.25, 0.3) is 0 Å². The van der Waals surface area contributed by atoms with Gasteiger partial charge in [-0.25, -0.2) is 9.97 Å². The second kappa shape index (κ2) is 5.50. The van der Waals surface area contributed by atoms with Crippen molar-refractivity contribution in [3.63, 3.8) is 0 Å². The second-order valence-corrected chi connectivity index (χ2v) is 5.01. The molecule has 0 bridgehead atoms. The van der Waals surface area contributed by atoms with Gasteiger partial charge in [0.1, 0.15) is 17.6 Å². The number of hydrogen-bond acceptors (Lipinski definition) is 6. The van der Waals surface area contributed by atoms with Gasteiger partial charge in [-0.15, -0.1) is 0 Å². The van der Waals surface area contributed by atoms with E-state index in [0.29, 0.717) is 23.1 Å². The van der Waals surface area contributed by atoms with Crippen molar-refractivity contribution in [2.45, 2.75) is 13.0 Å². The lowest BCUT2D eigenvalue weighted by Crippen LogP contribution is -2.49. The van der Waals surface area contributed by atoms with E-state index in [1.807, 2.05) is 6.07 Å². The number of anilines is 1. The predicted molar refractivity (Wildman–Crippen MR) is 78.6 cm³/mol. The van der Waals surface area contributed by atoms with Crippen molar-refractivity contribution in [1.82, 2.24) is 25.1 Å². The van der Waals surface area contributed by atoms with Crippen molar-refractivity contribution < 1.29 is 4.11 Å². The van der Waals surface area contributed by atoms with E-state index in [4.69, 9.17) is 4.11 Å². The average molecular weight is 286 g/mol. The lowest BCUT2D eigenvalue weighted by Gasteiger charge is -2.32. The van der Waals surface area contributed by atoms with Crippen LogP contribution in [0.3, 0.4) is 0 Å². The van der Waals surface area contributed by atoms with E-state index in [2.05, 4.69) is 32.2 Å². The summed E-state index contributed by atoms with van der Waals surface area (Å²) in [6.07, 6.45) is 4.33. The molecule has 0 saturated carbocycles. The van der Waals surface area contributed by atoms with Crippen LogP contribution in [0.5, 0.6) is 0 Å². The van der Waals surface area contributed by atoms with Crippen molar-refractivity contribution in [2.24, 2.45) is 6.98 Å². The maximum absolute atomic E-state index is 9.28. The smallest absolute Gasteiger partial charge is 0.167 e. The SMILES string of the molecule is [2H]C([2H])([2H])n1cc(-c2nc(N3CCNC(C)C3)cnc2C#N)cn1. The van der Waals surface area contributed by atoms with Gasteiger partial charge >= 0.3 is 0 Å². The molecule has 0 aliphatic carbocycles. The van der Waals surface area contributed by atoms with Crippen LogP contribution in [-0.4, -0.2) is 45.4 Å². The van der Waals surface area contributed by atoms with Gasteiger partial charge in [0, 0.05) is 48.5 Å². The number of aryl methyl sites for hydroxylation is 1. The summed E-state index contributed by atoms with van der Waals surface area (Å²) < 4.78 is 23.0. The zero-order valence-corrected chi connectivity index (χ0v) is 11.6. The molecular formula is C14H17N7. The topological polar surface area (TPSA) is 82.7 Å². The molecule has 3 rings (SSSR count). The van der Waals surface area contributed by atoms with Gasteiger partial charge in [0.05, 0.1) is 12.4 Å². The lowest BCUT2D eigenvalue weighted by atomic mass is 10.2. The van der Waals surface area contributed by atoms with Gasteiger partial charge in [-0.05, 0) is 6.92 Å². The average Bonchev–Trinajstić information content (AvgIpc) is 3.04. The minimum Gasteiger partial charge on any atom is -0.352 e. The molecule has 1 N–H and O–H groups in total. The molecule has 1 fully saturated rings. The Kier molecular flexibility index (Phi) is 2.70. The van der Waals surface area contributed by atoms with Crippen molar-refractivity contribution in [1.29, 1.82) is 5.26 Å². The fourth-order valence-electron chi connectivity index (χ4n) is 2.40. The summed E-state index contributed by atoms with van der Waals surface area (Å²) in [5.74, 6) is 0.666. The van der Waals surface area contributed by atoms with Crippen LogP contribution in [0.15, 0.2) is 18.6 Å². The highest BCUT2D eigenvalue weighted by atomic mass is 15.3. The number of nitrogens with one attached hydrogen (secondary N) is 1. The minimum absolute atomic E-state index is 0.145. The maximum atomic E-state index is 9.28. The van der Waals surface area contributed by atoms with Crippen LogP contribution in [0.25, 0.3) is 11.3 Å². The number of nitriles is 1. The van der Waals surface area contributed by atoms with E-state index < -0.39 is 6.98 Å². The molecule has 0 spiro atoms. The third kappa shape index (κ3) is 2.71. The highest BCUT2D eigenvalue weighted by Gasteiger charge is 2.19. The van der Waals surface area contributed by atoms with Gasteiger partial charge < -0.3 is 10.2 Å². The molecule has 108 valence electrons. The first-order valence-electron chi connectivity index (χ1n) is 8.19. The van der Waals surface area contributed by atoms with E-state index in [-0.39, 0.29) is 5.69 Å². The monoisotopic (exact) mass is 286 g/mol. The number of aromatic nitrogens is 4. The van der Waals surface area contributed by atoms with E-state index in [9.17, 15) is 5.26 Å². The van der Waals surface area contributed by atoms with Crippen LogP contribution in [0.2, 0.25) is 0 Å². The number of nitrogens with zero attached hydrogens (tertiary/aromatic N) is 6. The Morgan fingerprint density at radius 2 is 2.43 bits per heavy atom. The van der Waals surface area contributed by atoms with Gasteiger partial charge in [-0.1, -0.05) is 0 Å². The molecule has 7 nitrogen and oxygen atoms in total. The molecule has 2 aromatic heterocycles. The molecule has 2 aromatic rings. The zero-order chi connectivity index (χ0) is 17.3. The van der Waals surface area contributed by atoms with E-state index in [1.165, 1.54) is 12.4 Å². The third-order valence-corrected chi connectivity index (χ3v) is 3.41. The van der Waals surface area contributed by atoms with Crippen molar-refractivity contribution in [3.05, 3.63) is 24.3 Å². The molecule has 1 unspecified atom stereocenters. The Bertz CT molecular complexity index is 777. The summed E-state index contributed by atoms with van der Waals surface area (Å²) in [5.41, 5.74) is 0.948. The lowest BCUT2D eigenvalue weighted by molar-refractivity contribution is 0.482. The predicted octanol–water partition coefficient (Wildman–Crippen LogP) is 0.547. The molecule has 0 aromatic carbocycles. The van der Waals surface area contributed by atoms with E-state index in [0.717, 1.165) is 24.3 Å². The number of piperazine rings is 1. The van der Waals surface area contributed by atoms with Crippen molar-refractivity contribution in [2.75, 3.05) is 24.5 Å². The largest absolute Gasteiger partial charge is 0.352 e. The molecule has 1 aliphatic heterocycles. The van der Waals surface area contributed by atoms with Crippen LogP contribution in [-0.2, 0) is 6.98 Å². The minimum atomic E-state index is -2.37. The first-order chi connectivity index (χ1) is 11.4. The summed E-state index contributed by atoms with van der Waals surface area (Å²) in [6, 6.07) is 2.33. The number of rotatable bonds is 2. The Morgan fingerprint density at radius 3 is 3.14 bits per heavy atom.